The first-order valence-electron chi connectivity index (χ1n) is 16.4. The van der Waals surface area contributed by atoms with Crippen molar-refractivity contribution in [3.05, 3.63) is 210 Å². The molecule has 6 heteroatoms. The van der Waals surface area contributed by atoms with Gasteiger partial charge in [0.15, 0.2) is 0 Å². The average Bonchev–Trinajstić information content (AvgIpc) is 3.88. The molecule has 0 amide bonds. The summed E-state index contributed by atoms with van der Waals surface area (Å²) in [5, 5.41) is 10.5. The Labute approximate surface area is 370 Å². The summed E-state index contributed by atoms with van der Waals surface area (Å²) in [4.78, 5) is 0. The van der Waals surface area contributed by atoms with E-state index in [1.807, 2.05) is 36.4 Å². The molecule has 0 atom stereocenters. The van der Waals surface area contributed by atoms with E-state index in [0.717, 1.165) is 6.42 Å². The summed E-state index contributed by atoms with van der Waals surface area (Å²) < 4.78 is 1.41. The summed E-state index contributed by atoms with van der Waals surface area (Å²) in [6.45, 7) is 0. The maximum Gasteiger partial charge on any atom is 4.00 e. The Hall–Kier alpha value is -3.05. The SMILES string of the molecule is [Cl-].[Cl-].[Cl-].[Cl-].[Zr+2]=[C](c1ccc2ccccc2c1)c1ccc2ccccc2c1.[Zr+4].[c-]1cccc2c1c1c(c3ccccc32)-c2ccccc2C1.c1cc[cH-]c1. The first-order valence-corrected chi connectivity index (χ1v) is 17.6. The van der Waals surface area contributed by atoms with Crippen LogP contribution in [-0.2, 0) is 56.9 Å². The van der Waals surface area contributed by atoms with Gasteiger partial charge in [-0.3, -0.25) is 0 Å². The van der Waals surface area contributed by atoms with Gasteiger partial charge in [0.25, 0.3) is 0 Å². The van der Waals surface area contributed by atoms with E-state index >= 15 is 0 Å². The third-order valence-electron chi connectivity index (χ3n) is 9.23. The monoisotopic (exact) mass is 916 g/mol. The van der Waals surface area contributed by atoms with Gasteiger partial charge in [-0.25, -0.2) is 12.1 Å². The number of benzene rings is 8. The van der Waals surface area contributed by atoms with Gasteiger partial charge in [0, 0.05) is 0 Å². The van der Waals surface area contributed by atoms with Crippen LogP contribution in [0.3, 0.4) is 0 Å². The first-order chi connectivity index (χ1) is 23.7. The molecule has 0 fully saturated rings. The van der Waals surface area contributed by atoms with E-state index in [-0.39, 0.29) is 75.8 Å². The fourth-order valence-electron chi connectivity index (χ4n) is 6.90. The van der Waals surface area contributed by atoms with E-state index < -0.39 is 0 Å². The molecule has 256 valence electrons. The quantitative estimate of drug-likeness (QED) is 0.168. The van der Waals surface area contributed by atoms with Gasteiger partial charge in [0.1, 0.15) is 0 Å². The zero-order chi connectivity index (χ0) is 32.3. The molecule has 0 radical (unpaired) electrons. The summed E-state index contributed by atoms with van der Waals surface area (Å²) in [7, 11) is 0. The minimum absolute atomic E-state index is 0. The third-order valence-corrected chi connectivity index (χ3v) is 10.7. The predicted octanol–water partition coefficient (Wildman–Crippen LogP) is -0.108. The third kappa shape index (κ3) is 9.43. The molecule has 0 saturated heterocycles. The normalized spacial score (nSPS) is 10.3. The molecule has 9 aromatic rings. The van der Waals surface area contributed by atoms with Crippen molar-refractivity contribution < 1.29 is 100 Å². The molecule has 0 nitrogen and oxygen atoms in total. The van der Waals surface area contributed by atoms with Gasteiger partial charge in [0.2, 0.25) is 0 Å². The van der Waals surface area contributed by atoms with Gasteiger partial charge in [-0.1, -0.05) is 53.9 Å². The van der Waals surface area contributed by atoms with E-state index in [9.17, 15) is 0 Å². The summed E-state index contributed by atoms with van der Waals surface area (Å²) >= 11 is 1.44. The summed E-state index contributed by atoms with van der Waals surface area (Å²) in [6, 6.07) is 67.9. The molecule has 10 rings (SSSR count). The first kappa shape index (κ1) is 44.3. The molecule has 0 aliphatic heterocycles. The predicted molar refractivity (Wildman–Crippen MR) is 202 cm³/mol. The van der Waals surface area contributed by atoms with Crippen molar-refractivity contribution in [3.63, 3.8) is 0 Å². The maximum atomic E-state index is 3.48. The van der Waals surface area contributed by atoms with Crippen molar-refractivity contribution in [2.45, 2.75) is 6.42 Å². The Bertz CT molecular complexity index is 2480. The van der Waals surface area contributed by atoms with Crippen molar-refractivity contribution in [2.75, 3.05) is 0 Å². The number of hydrogen-bond donors (Lipinski definition) is 0. The Kier molecular flexibility index (Phi) is 17.2. The minimum Gasteiger partial charge on any atom is -0.214 e. The van der Waals surface area contributed by atoms with Crippen LogP contribution in [-0.4, -0.2) is 3.21 Å². The van der Waals surface area contributed by atoms with Crippen molar-refractivity contribution in [2.24, 2.45) is 0 Å². The topological polar surface area (TPSA) is 0 Å². The van der Waals surface area contributed by atoms with Gasteiger partial charge in [0.05, 0.1) is 0 Å². The molecular formula is C47H32Cl4Zr2. The zero-order valence-corrected chi connectivity index (χ0v) is 36.5. The van der Waals surface area contributed by atoms with Crippen LogP contribution in [0.15, 0.2) is 182 Å². The number of halogens is 4. The van der Waals surface area contributed by atoms with Crippen LogP contribution >= 0.6 is 0 Å². The van der Waals surface area contributed by atoms with Crippen molar-refractivity contribution >= 4 is 46.3 Å². The Morgan fingerprint density at radius 3 is 1.60 bits per heavy atom. The zero-order valence-electron chi connectivity index (χ0n) is 28.5. The van der Waals surface area contributed by atoms with Gasteiger partial charge in [-0.15, -0.1) is 40.6 Å². The average molecular weight is 921 g/mol. The summed E-state index contributed by atoms with van der Waals surface area (Å²) in [6.07, 6.45) is 1.02. The van der Waals surface area contributed by atoms with Crippen LogP contribution in [0, 0.1) is 6.07 Å². The second-order valence-corrected chi connectivity index (χ2v) is 13.4. The Balaban J connectivity index is 0.000000233. The van der Waals surface area contributed by atoms with Gasteiger partial charge in [-0.05, 0) is 28.5 Å². The summed E-state index contributed by atoms with van der Waals surface area (Å²) in [5.41, 5.74) is 8.33. The van der Waals surface area contributed by atoms with E-state index in [4.69, 9.17) is 0 Å². The van der Waals surface area contributed by atoms with Gasteiger partial charge in [-0.2, -0.15) is 18.2 Å². The molecule has 0 saturated carbocycles. The van der Waals surface area contributed by atoms with Crippen LogP contribution in [0.25, 0.3) is 54.2 Å². The van der Waals surface area contributed by atoms with E-state index in [1.165, 1.54) is 104 Å². The molecule has 0 bridgehead atoms. The van der Waals surface area contributed by atoms with Gasteiger partial charge >= 0.3 is 171 Å². The molecule has 1 aliphatic carbocycles. The second kappa shape index (κ2) is 20.6. The molecule has 0 heterocycles. The Morgan fingerprint density at radius 1 is 0.509 bits per heavy atom. The molecule has 0 aromatic heterocycles. The number of rotatable bonds is 2. The van der Waals surface area contributed by atoms with Crippen LogP contribution < -0.4 is 49.6 Å². The smallest absolute Gasteiger partial charge is 0.214 e. The van der Waals surface area contributed by atoms with Crippen molar-refractivity contribution in [3.8, 4) is 11.1 Å². The van der Waals surface area contributed by atoms with Gasteiger partial charge < -0.3 is 49.6 Å². The molecule has 0 N–H and O–H groups in total. The number of fused-ring (bicyclic) bond motifs is 10. The molecular weight excluding hydrogens is 889 g/mol. The standard InChI is InChI=1S/C21H13.C21H14.C5H5.4ClH.2Zr/c1-2-8-15-14(7-1)13-20-18-11-4-3-9-16(18)17-10-5-6-12-19(17)21(15)20;1-3-7-20-14-16(9-11-18(20)5-1)13-17-10-12-19-6-2-4-8-21(19)15-17;1-2-4-5-3-1;;;;;;/h1-10,12H,13H2;1-12,14-15H;1-5H;4*1H;;/q-1;;-1;;;;;+2;+4/p-4. The van der Waals surface area contributed by atoms with Crippen LogP contribution in [0.5, 0.6) is 0 Å². The second-order valence-electron chi connectivity index (χ2n) is 12.2. The van der Waals surface area contributed by atoms with Crippen molar-refractivity contribution in [1.29, 1.82) is 0 Å². The van der Waals surface area contributed by atoms with Crippen LogP contribution in [0.1, 0.15) is 22.3 Å². The maximum absolute atomic E-state index is 3.48. The minimum atomic E-state index is 0. The molecule has 1 aliphatic rings. The largest absolute Gasteiger partial charge is 4.00 e. The Morgan fingerprint density at radius 2 is 1.02 bits per heavy atom. The van der Waals surface area contributed by atoms with E-state index in [2.05, 4.69) is 152 Å². The molecule has 0 unspecified atom stereocenters. The fraction of sp³-hybridized carbons (Fsp3) is 0.0213. The van der Waals surface area contributed by atoms with E-state index in [0.29, 0.717) is 0 Å². The molecule has 9 aromatic carbocycles. The fourth-order valence-corrected chi connectivity index (χ4v) is 7.67. The van der Waals surface area contributed by atoms with E-state index in [1.54, 1.807) is 0 Å². The van der Waals surface area contributed by atoms with Crippen molar-refractivity contribution in [1.82, 2.24) is 0 Å². The molecule has 53 heavy (non-hydrogen) atoms. The van der Waals surface area contributed by atoms with Crippen LogP contribution in [0.2, 0.25) is 0 Å². The molecule has 0 spiro atoms. The summed E-state index contributed by atoms with van der Waals surface area (Å²) in [5.74, 6) is 0. The number of hydrogen-bond acceptors (Lipinski definition) is 0. The van der Waals surface area contributed by atoms with Crippen LogP contribution in [0.4, 0.5) is 0 Å².